The molecule has 1 aromatic carbocycles. The maximum Gasteiger partial charge on any atom is 0.358 e. The Morgan fingerprint density at radius 1 is 1.62 bits per heavy atom. The van der Waals surface area contributed by atoms with E-state index in [0.29, 0.717) is 22.8 Å². The summed E-state index contributed by atoms with van der Waals surface area (Å²) in [4.78, 5) is 16.1. The summed E-state index contributed by atoms with van der Waals surface area (Å²) in [5, 5.41) is 13.6. The molecule has 2 N–H and O–H groups in total. The number of aromatic nitrogens is 2. The molecule has 3 rings (SSSR count). The Hall–Kier alpha value is -1.89. The Balaban J connectivity index is 2.13. The van der Waals surface area contributed by atoms with Crippen molar-refractivity contribution in [2.45, 2.75) is 19.7 Å². The monoisotopic (exact) mass is 307 g/mol. The van der Waals surface area contributed by atoms with Gasteiger partial charge in [0.1, 0.15) is 12.6 Å². The zero-order valence-corrected chi connectivity index (χ0v) is 12.1. The van der Waals surface area contributed by atoms with Gasteiger partial charge < -0.3 is 14.4 Å². The summed E-state index contributed by atoms with van der Waals surface area (Å²) in [5.41, 5.74) is 2.26. The van der Waals surface area contributed by atoms with Crippen LogP contribution in [0.3, 0.4) is 0 Å². The van der Waals surface area contributed by atoms with E-state index in [1.54, 1.807) is 36.0 Å². The van der Waals surface area contributed by atoms with Crippen LogP contribution in [-0.2, 0) is 11.3 Å². The van der Waals surface area contributed by atoms with E-state index in [1.807, 2.05) is 0 Å². The zero-order chi connectivity index (χ0) is 15.0. The summed E-state index contributed by atoms with van der Waals surface area (Å²) in [6.45, 7) is 2.32. The lowest BCUT2D eigenvalue weighted by atomic mass is 10.1. The van der Waals surface area contributed by atoms with Crippen molar-refractivity contribution in [1.82, 2.24) is 14.9 Å². The maximum atomic E-state index is 11.9. The molecule has 0 spiro atoms. The summed E-state index contributed by atoms with van der Waals surface area (Å²) >= 11 is 5.98. The number of carbonyl (C=O) groups excluding carboxylic acids is 1. The molecule has 2 heterocycles. The molecule has 21 heavy (non-hydrogen) atoms. The molecule has 1 unspecified atom stereocenters. The largest absolute Gasteiger partial charge is 0.461 e. The Bertz CT molecular complexity index is 699. The van der Waals surface area contributed by atoms with Gasteiger partial charge in [0.15, 0.2) is 5.69 Å². The molecular formula is C14H14ClN3O3. The molecule has 1 aliphatic heterocycles. The first-order chi connectivity index (χ1) is 10.1. The van der Waals surface area contributed by atoms with Gasteiger partial charge in [0.2, 0.25) is 0 Å². The Morgan fingerprint density at radius 2 is 2.43 bits per heavy atom. The number of aliphatic hydroxyl groups excluding tert-OH is 1. The van der Waals surface area contributed by atoms with Crippen LogP contribution in [0.15, 0.2) is 24.5 Å². The molecule has 110 valence electrons. The van der Waals surface area contributed by atoms with Gasteiger partial charge in [-0.1, -0.05) is 11.6 Å². The second-order valence-electron chi connectivity index (χ2n) is 4.62. The molecule has 0 aliphatic carbocycles. The van der Waals surface area contributed by atoms with Gasteiger partial charge >= 0.3 is 5.97 Å². The van der Waals surface area contributed by atoms with Crippen LogP contribution in [0.2, 0.25) is 5.02 Å². The molecule has 0 radical (unpaired) electrons. The third kappa shape index (κ3) is 2.42. The maximum absolute atomic E-state index is 11.9. The molecule has 0 bridgehead atoms. The van der Waals surface area contributed by atoms with E-state index in [9.17, 15) is 9.90 Å². The van der Waals surface area contributed by atoms with E-state index in [4.69, 9.17) is 16.3 Å². The molecule has 6 nitrogen and oxygen atoms in total. The number of hydrogen-bond acceptors (Lipinski definition) is 5. The molecular weight excluding hydrogens is 294 g/mol. The number of aliphatic hydroxyl groups is 1. The minimum Gasteiger partial charge on any atom is -0.461 e. The summed E-state index contributed by atoms with van der Waals surface area (Å²) < 4.78 is 6.77. The Kier molecular flexibility index (Phi) is 3.67. The number of benzene rings is 1. The third-order valence-corrected chi connectivity index (χ3v) is 3.58. The van der Waals surface area contributed by atoms with Crippen molar-refractivity contribution in [2.24, 2.45) is 0 Å². The molecule has 2 aromatic rings. The van der Waals surface area contributed by atoms with E-state index in [-0.39, 0.29) is 12.3 Å². The number of imidazole rings is 1. The van der Waals surface area contributed by atoms with Gasteiger partial charge in [-0.3, -0.25) is 5.32 Å². The van der Waals surface area contributed by atoms with Gasteiger partial charge in [-0.15, -0.1) is 0 Å². The Labute approximate surface area is 126 Å². The molecule has 0 saturated heterocycles. The van der Waals surface area contributed by atoms with E-state index >= 15 is 0 Å². The van der Waals surface area contributed by atoms with Crippen LogP contribution in [0.1, 0.15) is 34.9 Å². The number of esters is 1. The van der Waals surface area contributed by atoms with Gasteiger partial charge in [-0.05, 0) is 25.1 Å². The fourth-order valence-electron chi connectivity index (χ4n) is 2.39. The highest BCUT2D eigenvalue weighted by Gasteiger charge is 2.26. The summed E-state index contributed by atoms with van der Waals surface area (Å²) in [6, 6.07) is 5.20. The Morgan fingerprint density at radius 3 is 3.19 bits per heavy atom. The van der Waals surface area contributed by atoms with Crippen molar-refractivity contribution in [3.63, 3.8) is 0 Å². The van der Waals surface area contributed by atoms with Crippen molar-refractivity contribution >= 4 is 17.6 Å². The third-order valence-electron chi connectivity index (χ3n) is 3.34. The number of nitrogens with zero attached hydrogens (tertiary/aromatic N) is 2. The summed E-state index contributed by atoms with van der Waals surface area (Å²) in [7, 11) is 0. The zero-order valence-electron chi connectivity index (χ0n) is 11.3. The van der Waals surface area contributed by atoms with Crippen LogP contribution in [0.25, 0.3) is 5.69 Å². The normalized spacial score (nSPS) is 16.8. The van der Waals surface area contributed by atoms with E-state index in [1.165, 1.54) is 0 Å². The van der Waals surface area contributed by atoms with Crippen molar-refractivity contribution in [3.05, 3.63) is 46.5 Å². The predicted octanol–water partition coefficient (Wildman–Crippen LogP) is 1.80. The van der Waals surface area contributed by atoms with Crippen molar-refractivity contribution in [1.29, 1.82) is 0 Å². The fourth-order valence-corrected chi connectivity index (χ4v) is 2.57. The summed E-state index contributed by atoms with van der Waals surface area (Å²) in [5.74, 6) is -0.472. The van der Waals surface area contributed by atoms with Crippen LogP contribution in [-0.4, -0.2) is 27.2 Å². The first-order valence-corrected chi connectivity index (χ1v) is 6.94. The van der Waals surface area contributed by atoms with E-state index < -0.39 is 12.2 Å². The topological polar surface area (TPSA) is 76.4 Å². The van der Waals surface area contributed by atoms with Gasteiger partial charge in [0.05, 0.1) is 18.0 Å². The quantitative estimate of drug-likeness (QED) is 0.827. The number of carbonyl (C=O) groups is 1. The highest BCUT2D eigenvalue weighted by atomic mass is 35.5. The molecule has 1 atom stereocenters. The summed E-state index contributed by atoms with van der Waals surface area (Å²) in [6.07, 6.45) is 0.683. The number of nitrogens with one attached hydrogen (secondary N) is 1. The van der Waals surface area contributed by atoms with Gasteiger partial charge in [0, 0.05) is 17.1 Å². The van der Waals surface area contributed by atoms with Crippen LogP contribution >= 0.6 is 11.6 Å². The second-order valence-corrected chi connectivity index (χ2v) is 5.05. The predicted molar refractivity (Wildman–Crippen MR) is 76.3 cm³/mol. The smallest absolute Gasteiger partial charge is 0.358 e. The first kappa shape index (κ1) is 14.1. The van der Waals surface area contributed by atoms with E-state index in [2.05, 4.69) is 10.3 Å². The van der Waals surface area contributed by atoms with Crippen LogP contribution in [0.4, 0.5) is 0 Å². The molecule has 0 amide bonds. The second kappa shape index (κ2) is 5.48. The minimum atomic E-state index is -0.867. The van der Waals surface area contributed by atoms with E-state index in [0.717, 1.165) is 5.69 Å². The lowest BCUT2D eigenvalue weighted by Crippen LogP contribution is -2.20. The number of fused-ring (bicyclic) bond motifs is 3. The van der Waals surface area contributed by atoms with Crippen LogP contribution < -0.4 is 5.32 Å². The SMILES string of the molecule is CCOC(=O)c1ncn2c1CNC(O)c1cc(Cl)ccc1-2. The highest BCUT2D eigenvalue weighted by Crippen LogP contribution is 2.29. The lowest BCUT2D eigenvalue weighted by molar-refractivity contribution is 0.0517. The molecule has 1 aliphatic rings. The van der Waals surface area contributed by atoms with Gasteiger partial charge in [-0.25, -0.2) is 9.78 Å². The molecule has 0 saturated carbocycles. The molecule has 7 heteroatoms. The van der Waals surface area contributed by atoms with Crippen molar-refractivity contribution in [2.75, 3.05) is 6.61 Å². The van der Waals surface area contributed by atoms with Crippen LogP contribution in [0.5, 0.6) is 0 Å². The average Bonchev–Trinajstić information content (AvgIpc) is 2.83. The fraction of sp³-hybridized carbons (Fsp3) is 0.286. The van der Waals surface area contributed by atoms with Crippen LogP contribution in [0, 0.1) is 0 Å². The van der Waals surface area contributed by atoms with Crippen molar-refractivity contribution in [3.8, 4) is 5.69 Å². The van der Waals surface area contributed by atoms with Gasteiger partial charge in [-0.2, -0.15) is 0 Å². The number of rotatable bonds is 2. The number of halogens is 1. The van der Waals surface area contributed by atoms with Gasteiger partial charge in [0.25, 0.3) is 0 Å². The number of hydrogen-bond donors (Lipinski definition) is 2. The standard InChI is InChI=1S/C14H14ClN3O3/c1-2-21-14(20)12-11-6-16-13(19)9-5-8(15)3-4-10(9)18(11)7-17-12/h3-5,7,13,16,19H,2,6H2,1H3. The molecule has 0 fully saturated rings. The number of ether oxygens (including phenoxy) is 1. The first-order valence-electron chi connectivity index (χ1n) is 6.56. The van der Waals surface area contributed by atoms with Crippen molar-refractivity contribution < 1.29 is 14.6 Å². The lowest BCUT2D eigenvalue weighted by Gasteiger charge is -2.13. The highest BCUT2D eigenvalue weighted by molar-refractivity contribution is 6.30. The molecule has 1 aromatic heterocycles. The minimum absolute atomic E-state index is 0.249. The average molecular weight is 308 g/mol.